The molecule has 3 heteroatoms. The molecule has 0 radical (unpaired) electrons. The molecule has 1 unspecified atom stereocenters. The molecule has 0 saturated carbocycles. The molecule has 0 fully saturated rings. The number of ether oxygens (including phenoxy) is 1. The summed E-state index contributed by atoms with van der Waals surface area (Å²) in [6.45, 7) is 5.71. The monoisotopic (exact) mass is 250 g/mol. The zero-order valence-electron chi connectivity index (χ0n) is 11.6. The van der Waals surface area contributed by atoms with E-state index in [9.17, 15) is 0 Å². The molecule has 1 aromatic rings. The van der Waals surface area contributed by atoms with E-state index in [4.69, 9.17) is 10.5 Å². The summed E-state index contributed by atoms with van der Waals surface area (Å²) in [5, 5.41) is 0. The third kappa shape index (κ3) is 6.15. The first-order valence-corrected chi connectivity index (χ1v) is 6.81. The summed E-state index contributed by atoms with van der Waals surface area (Å²) in [5.74, 6) is 0. The molecule has 2 N–H and O–H groups in total. The average Bonchev–Trinajstić information content (AvgIpc) is 2.40. The second-order valence-corrected chi connectivity index (χ2v) is 4.66. The lowest BCUT2D eigenvalue weighted by Gasteiger charge is -2.18. The molecule has 0 saturated heterocycles. The lowest BCUT2D eigenvalue weighted by molar-refractivity contribution is 0.121. The van der Waals surface area contributed by atoms with Gasteiger partial charge in [-0.1, -0.05) is 30.3 Å². The Bertz CT molecular complexity index is 303. The fraction of sp³-hybridized carbons (Fsp3) is 0.600. The van der Waals surface area contributed by atoms with E-state index in [2.05, 4.69) is 24.1 Å². The second kappa shape index (κ2) is 9.09. The Hall–Kier alpha value is -0.900. The molecule has 102 valence electrons. The molecule has 0 spiro atoms. The SMILES string of the molecule is CCOCCN(C)CCCC(N)c1ccccc1. The Morgan fingerprint density at radius 3 is 2.61 bits per heavy atom. The van der Waals surface area contributed by atoms with Crippen LogP contribution in [0.3, 0.4) is 0 Å². The van der Waals surface area contributed by atoms with Crippen LogP contribution in [0.25, 0.3) is 0 Å². The van der Waals surface area contributed by atoms with Crippen molar-refractivity contribution in [3.05, 3.63) is 35.9 Å². The quantitative estimate of drug-likeness (QED) is 0.684. The molecule has 0 aliphatic heterocycles. The number of hydrogen-bond donors (Lipinski definition) is 1. The molecular weight excluding hydrogens is 224 g/mol. The fourth-order valence-corrected chi connectivity index (χ4v) is 1.92. The number of hydrogen-bond acceptors (Lipinski definition) is 3. The maximum absolute atomic E-state index is 6.16. The Kier molecular flexibility index (Phi) is 7.65. The van der Waals surface area contributed by atoms with Crippen LogP contribution in [0, 0.1) is 0 Å². The van der Waals surface area contributed by atoms with Crippen LogP contribution in [0.1, 0.15) is 31.4 Å². The van der Waals surface area contributed by atoms with Crippen LogP contribution in [0.2, 0.25) is 0 Å². The van der Waals surface area contributed by atoms with E-state index in [0.29, 0.717) is 0 Å². The van der Waals surface area contributed by atoms with Gasteiger partial charge in [0.05, 0.1) is 6.61 Å². The number of likely N-dealkylation sites (N-methyl/N-ethyl adjacent to an activating group) is 1. The molecule has 1 rings (SSSR count). The van der Waals surface area contributed by atoms with Crippen molar-refractivity contribution < 1.29 is 4.74 Å². The zero-order chi connectivity index (χ0) is 13.2. The topological polar surface area (TPSA) is 38.5 Å². The highest BCUT2D eigenvalue weighted by Crippen LogP contribution is 2.14. The van der Waals surface area contributed by atoms with Gasteiger partial charge in [0.15, 0.2) is 0 Å². The average molecular weight is 250 g/mol. The summed E-state index contributed by atoms with van der Waals surface area (Å²) in [5.41, 5.74) is 7.39. The van der Waals surface area contributed by atoms with Crippen molar-refractivity contribution >= 4 is 0 Å². The summed E-state index contributed by atoms with van der Waals surface area (Å²) in [6.07, 6.45) is 2.15. The summed E-state index contributed by atoms with van der Waals surface area (Å²) >= 11 is 0. The first-order valence-electron chi connectivity index (χ1n) is 6.81. The van der Waals surface area contributed by atoms with E-state index >= 15 is 0 Å². The van der Waals surface area contributed by atoms with Crippen LogP contribution >= 0.6 is 0 Å². The highest BCUT2D eigenvalue weighted by molar-refractivity contribution is 5.18. The smallest absolute Gasteiger partial charge is 0.0593 e. The van der Waals surface area contributed by atoms with E-state index in [1.54, 1.807) is 0 Å². The van der Waals surface area contributed by atoms with Gasteiger partial charge in [0.1, 0.15) is 0 Å². The van der Waals surface area contributed by atoms with Crippen molar-refractivity contribution in [1.29, 1.82) is 0 Å². The van der Waals surface area contributed by atoms with Gasteiger partial charge in [-0.3, -0.25) is 0 Å². The van der Waals surface area contributed by atoms with E-state index in [-0.39, 0.29) is 6.04 Å². The van der Waals surface area contributed by atoms with Crippen molar-refractivity contribution in [2.45, 2.75) is 25.8 Å². The molecule has 3 nitrogen and oxygen atoms in total. The summed E-state index contributed by atoms with van der Waals surface area (Å²) < 4.78 is 5.33. The Morgan fingerprint density at radius 1 is 1.22 bits per heavy atom. The fourth-order valence-electron chi connectivity index (χ4n) is 1.92. The number of benzene rings is 1. The van der Waals surface area contributed by atoms with Crippen LogP contribution in [0.15, 0.2) is 30.3 Å². The highest BCUT2D eigenvalue weighted by Gasteiger charge is 2.05. The lowest BCUT2D eigenvalue weighted by atomic mass is 10.0. The minimum Gasteiger partial charge on any atom is -0.380 e. The second-order valence-electron chi connectivity index (χ2n) is 4.66. The van der Waals surface area contributed by atoms with E-state index < -0.39 is 0 Å². The third-order valence-electron chi connectivity index (χ3n) is 3.10. The molecule has 0 aromatic heterocycles. The number of rotatable bonds is 9. The summed E-state index contributed by atoms with van der Waals surface area (Å²) in [6, 6.07) is 10.5. The largest absolute Gasteiger partial charge is 0.380 e. The molecule has 0 aliphatic carbocycles. The van der Waals surface area contributed by atoms with Gasteiger partial charge in [0, 0.05) is 19.2 Å². The maximum atomic E-state index is 6.16. The molecule has 0 bridgehead atoms. The predicted molar refractivity (Wildman–Crippen MR) is 76.6 cm³/mol. The lowest BCUT2D eigenvalue weighted by Crippen LogP contribution is -2.25. The van der Waals surface area contributed by atoms with Gasteiger partial charge in [-0.15, -0.1) is 0 Å². The first kappa shape index (κ1) is 15.2. The van der Waals surface area contributed by atoms with Crippen LogP contribution < -0.4 is 5.73 Å². The van der Waals surface area contributed by atoms with Crippen molar-refractivity contribution in [3.8, 4) is 0 Å². The Labute approximate surface area is 111 Å². The standard InChI is InChI=1S/C15H26N2O/c1-3-18-13-12-17(2)11-7-10-15(16)14-8-5-4-6-9-14/h4-6,8-9,15H,3,7,10-13,16H2,1-2H3. The minimum atomic E-state index is 0.159. The van der Waals surface area contributed by atoms with E-state index in [1.807, 2.05) is 25.1 Å². The first-order chi connectivity index (χ1) is 8.74. The normalized spacial score (nSPS) is 12.9. The molecular formula is C15H26N2O. The summed E-state index contributed by atoms with van der Waals surface area (Å²) in [7, 11) is 2.13. The molecule has 0 aliphatic rings. The Morgan fingerprint density at radius 2 is 1.94 bits per heavy atom. The van der Waals surface area contributed by atoms with Crippen molar-refractivity contribution in [1.82, 2.24) is 4.90 Å². The Balaban J connectivity index is 2.13. The van der Waals surface area contributed by atoms with Gasteiger partial charge < -0.3 is 15.4 Å². The van der Waals surface area contributed by atoms with Gasteiger partial charge in [0.25, 0.3) is 0 Å². The van der Waals surface area contributed by atoms with Crippen molar-refractivity contribution in [2.24, 2.45) is 5.73 Å². The van der Waals surface area contributed by atoms with Crippen LogP contribution in [-0.2, 0) is 4.74 Å². The van der Waals surface area contributed by atoms with Crippen LogP contribution in [0.5, 0.6) is 0 Å². The minimum absolute atomic E-state index is 0.159. The molecule has 1 atom stereocenters. The molecule has 0 amide bonds. The molecule has 1 aromatic carbocycles. The van der Waals surface area contributed by atoms with Gasteiger partial charge in [-0.05, 0) is 38.9 Å². The van der Waals surface area contributed by atoms with Gasteiger partial charge in [-0.25, -0.2) is 0 Å². The summed E-state index contributed by atoms with van der Waals surface area (Å²) in [4.78, 5) is 2.30. The van der Waals surface area contributed by atoms with E-state index in [1.165, 1.54) is 5.56 Å². The van der Waals surface area contributed by atoms with Crippen molar-refractivity contribution in [2.75, 3.05) is 33.4 Å². The predicted octanol–water partition coefficient (Wildman–Crippen LogP) is 2.43. The zero-order valence-corrected chi connectivity index (χ0v) is 11.6. The van der Waals surface area contributed by atoms with E-state index in [0.717, 1.165) is 39.1 Å². The van der Waals surface area contributed by atoms with Gasteiger partial charge in [-0.2, -0.15) is 0 Å². The van der Waals surface area contributed by atoms with Crippen LogP contribution in [0.4, 0.5) is 0 Å². The van der Waals surface area contributed by atoms with Gasteiger partial charge >= 0.3 is 0 Å². The molecule has 0 heterocycles. The maximum Gasteiger partial charge on any atom is 0.0593 e. The number of nitrogens with two attached hydrogens (primary N) is 1. The number of nitrogens with zero attached hydrogens (tertiary/aromatic N) is 1. The third-order valence-corrected chi connectivity index (χ3v) is 3.10. The molecule has 18 heavy (non-hydrogen) atoms. The van der Waals surface area contributed by atoms with Crippen LogP contribution in [-0.4, -0.2) is 38.3 Å². The highest BCUT2D eigenvalue weighted by atomic mass is 16.5. The van der Waals surface area contributed by atoms with Crippen molar-refractivity contribution in [3.63, 3.8) is 0 Å². The van der Waals surface area contributed by atoms with Gasteiger partial charge in [0.2, 0.25) is 0 Å².